The van der Waals surface area contributed by atoms with E-state index in [1.807, 2.05) is 24.3 Å². The Hall–Kier alpha value is -1.63. The van der Waals surface area contributed by atoms with Crippen molar-refractivity contribution in [3.8, 4) is 5.75 Å². The molecule has 7 heteroatoms. The van der Waals surface area contributed by atoms with Crippen molar-refractivity contribution in [2.24, 2.45) is 0 Å². The fourth-order valence-corrected chi connectivity index (χ4v) is 3.22. The van der Waals surface area contributed by atoms with Crippen LogP contribution in [0.1, 0.15) is 5.56 Å². The predicted octanol–water partition coefficient (Wildman–Crippen LogP) is 2.26. The lowest BCUT2D eigenvalue weighted by atomic mass is 10.1. The van der Waals surface area contributed by atoms with Gasteiger partial charge >= 0.3 is 0 Å². The summed E-state index contributed by atoms with van der Waals surface area (Å²) in [6.07, 6.45) is 3.25. The van der Waals surface area contributed by atoms with Crippen molar-refractivity contribution in [1.82, 2.24) is 9.71 Å². The van der Waals surface area contributed by atoms with Gasteiger partial charge in [-0.3, -0.25) is 4.98 Å². The fourth-order valence-electron chi connectivity index (χ4n) is 1.76. The highest BCUT2D eigenvalue weighted by Crippen LogP contribution is 2.19. The Morgan fingerprint density at radius 3 is 2.57 bits per heavy atom. The van der Waals surface area contributed by atoms with Crippen LogP contribution in [0.3, 0.4) is 0 Å². The van der Waals surface area contributed by atoms with E-state index >= 15 is 0 Å². The smallest absolute Gasteiger partial charge is 0.243 e. The molecular formula is C14H15ClN2O3S. The second kappa shape index (κ2) is 6.89. The molecule has 0 radical (unpaired) electrons. The zero-order chi connectivity index (χ0) is 15.3. The van der Waals surface area contributed by atoms with Gasteiger partial charge in [-0.15, -0.1) is 0 Å². The number of halogens is 1. The monoisotopic (exact) mass is 326 g/mol. The highest BCUT2D eigenvalue weighted by molar-refractivity contribution is 7.89. The Labute approximate surface area is 129 Å². The molecule has 0 amide bonds. The van der Waals surface area contributed by atoms with Gasteiger partial charge in [0.15, 0.2) is 0 Å². The van der Waals surface area contributed by atoms with Crippen LogP contribution in [0.5, 0.6) is 5.75 Å². The molecule has 1 aromatic carbocycles. The maximum absolute atomic E-state index is 12.1. The lowest BCUT2D eigenvalue weighted by Gasteiger charge is -2.08. The maximum Gasteiger partial charge on any atom is 0.243 e. The number of pyridine rings is 1. The molecule has 0 aliphatic heterocycles. The summed E-state index contributed by atoms with van der Waals surface area (Å²) in [5, 5.41) is 0.155. The van der Waals surface area contributed by atoms with Crippen molar-refractivity contribution in [2.75, 3.05) is 13.7 Å². The lowest BCUT2D eigenvalue weighted by Crippen LogP contribution is -2.26. The van der Waals surface area contributed by atoms with Crippen LogP contribution in [0.4, 0.5) is 0 Å². The van der Waals surface area contributed by atoms with E-state index in [-0.39, 0.29) is 16.5 Å². The third-order valence-electron chi connectivity index (χ3n) is 2.89. The van der Waals surface area contributed by atoms with Gasteiger partial charge in [-0.25, -0.2) is 13.1 Å². The second-order valence-corrected chi connectivity index (χ2v) is 6.44. The van der Waals surface area contributed by atoms with Crippen LogP contribution in [0, 0.1) is 0 Å². The molecule has 1 N–H and O–H groups in total. The largest absolute Gasteiger partial charge is 0.497 e. The topological polar surface area (TPSA) is 68.3 Å². The number of hydrogen-bond acceptors (Lipinski definition) is 4. The van der Waals surface area contributed by atoms with Crippen molar-refractivity contribution in [1.29, 1.82) is 0 Å². The van der Waals surface area contributed by atoms with Gasteiger partial charge in [0.05, 0.1) is 12.1 Å². The Bertz CT molecular complexity index is 702. The fraction of sp³-hybridized carbons (Fsp3) is 0.214. The van der Waals surface area contributed by atoms with E-state index in [2.05, 4.69) is 9.71 Å². The van der Waals surface area contributed by atoms with Gasteiger partial charge in [-0.2, -0.15) is 0 Å². The highest BCUT2D eigenvalue weighted by atomic mass is 35.5. The highest BCUT2D eigenvalue weighted by Gasteiger charge is 2.17. The van der Waals surface area contributed by atoms with Crippen LogP contribution in [0.2, 0.25) is 5.02 Å². The standard InChI is InChI=1S/C14H15ClN2O3S/c1-20-12-4-2-11(3-5-12)6-9-17-21(18,19)14-10-16-8-7-13(14)15/h2-5,7-8,10,17H,6,9H2,1H3. The molecule has 0 fully saturated rings. The van der Waals surface area contributed by atoms with E-state index in [0.29, 0.717) is 6.42 Å². The number of aromatic nitrogens is 1. The number of sulfonamides is 1. The van der Waals surface area contributed by atoms with Crippen LogP contribution in [0.25, 0.3) is 0 Å². The van der Waals surface area contributed by atoms with Crippen LogP contribution in [-0.4, -0.2) is 27.1 Å². The number of ether oxygens (including phenoxy) is 1. The molecule has 5 nitrogen and oxygen atoms in total. The van der Waals surface area contributed by atoms with E-state index in [1.165, 1.54) is 18.5 Å². The summed E-state index contributed by atoms with van der Waals surface area (Å²) < 4.78 is 31.8. The van der Waals surface area contributed by atoms with Crippen LogP contribution < -0.4 is 9.46 Å². The first-order valence-corrected chi connectivity index (χ1v) is 8.11. The van der Waals surface area contributed by atoms with Crippen molar-refractivity contribution < 1.29 is 13.2 Å². The molecule has 112 valence electrons. The van der Waals surface area contributed by atoms with Gasteiger partial charge in [0.2, 0.25) is 10.0 Å². The van der Waals surface area contributed by atoms with Gasteiger partial charge in [0.1, 0.15) is 10.6 Å². The summed E-state index contributed by atoms with van der Waals surface area (Å²) in [7, 11) is -2.05. The average molecular weight is 327 g/mol. The van der Waals surface area contributed by atoms with Gasteiger partial charge in [-0.1, -0.05) is 23.7 Å². The first-order chi connectivity index (χ1) is 10.0. The summed E-state index contributed by atoms with van der Waals surface area (Å²) in [6.45, 7) is 0.278. The summed E-state index contributed by atoms with van der Waals surface area (Å²) in [6, 6.07) is 8.90. The molecule has 0 saturated heterocycles. The lowest BCUT2D eigenvalue weighted by molar-refractivity contribution is 0.414. The first kappa shape index (κ1) is 15.8. The molecule has 2 rings (SSSR count). The van der Waals surface area contributed by atoms with Gasteiger partial charge in [-0.05, 0) is 30.2 Å². The summed E-state index contributed by atoms with van der Waals surface area (Å²) >= 11 is 5.87. The normalized spacial score (nSPS) is 11.3. The van der Waals surface area contributed by atoms with Crippen molar-refractivity contribution in [3.05, 3.63) is 53.3 Å². The van der Waals surface area contributed by atoms with Gasteiger partial charge in [0.25, 0.3) is 0 Å². The number of nitrogens with zero attached hydrogens (tertiary/aromatic N) is 1. The Kier molecular flexibility index (Phi) is 5.17. The van der Waals surface area contributed by atoms with Gasteiger partial charge in [0, 0.05) is 18.9 Å². The number of benzene rings is 1. The van der Waals surface area contributed by atoms with Crippen molar-refractivity contribution >= 4 is 21.6 Å². The molecule has 21 heavy (non-hydrogen) atoms. The average Bonchev–Trinajstić information content (AvgIpc) is 2.48. The van der Waals surface area contributed by atoms with Crippen LogP contribution >= 0.6 is 11.6 Å². The van der Waals surface area contributed by atoms with Gasteiger partial charge < -0.3 is 4.74 Å². The maximum atomic E-state index is 12.1. The molecule has 0 spiro atoms. The summed E-state index contributed by atoms with van der Waals surface area (Å²) in [5.74, 6) is 0.765. The van der Waals surface area contributed by atoms with Crippen molar-refractivity contribution in [3.63, 3.8) is 0 Å². The molecule has 1 heterocycles. The summed E-state index contributed by atoms with van der Waals surface area (Å²) in [5.41, 5.74) is 1.01. The molecule has 1 aromatic heterocycles. The first-order valence-electron chi connectivity index (χ1n) is 6.25. The minimum Gasteiger partial charge on any atom is -0.497 e. The minimum atomic E-state index is -3.64. The molecule has 0 bridgehead atoms. The molecule has 2 aromatic rings. The number of methoxy groups -OCH3 is 1. The van der Waals surface area contributed by atoms with Crippen molar-refractivity contribution in [2.45, 2.75) is 11.3 Å². The molecule has 0 saturated carbocycles. The molecule has 0 aliphatic carbocycles. The zero-order valence-electron chi connectivity index (χ0n) is 11.4. The quantitative estimate of drug-likeness (QED) is 0.884. The predicted molar refractivity (Wildman–Crippen MR) is 81.1 cm³/mol. The van der Waals surface area contributed by atoms with E-state index in [9.17, 15) is 8.42 Å². The third kappa shape index (κ3) is 4.17. The molecule has 0 atom stereocenters. The zero-order valence-corrected chi connectivity index (χ0v) is 13.0. The molecule has 0 aliphatic rings. The second-order valence-electron chi connectivity index (χ2n) is 4.30. The summed E-state index contributed by atoms with van der Waals surface area (Å²) in [4.78, 5) is 3.77. The Morgan fingerprint density at radius 1 is 1.24 bits per heavy atom. The van der Waals surface area contributed by atoms with E-state index < -0.39 is 10.0 Å². The van der Waals surface area contributed by atoms with E-state index in [4.69, 9.17) is 16.3 Å². The van der Waals surface area contributed by atoms with Crippen LogP contribution in [-0.2, 0) is 16.4 Å². The number of nitrogens with one attached hydrogen (secondary N) is 1. The molecular weight excluding hydrogens is 312 g/mol. The number of hydrogen-bond donors (Lipinski definition) is 1. The number of rotatable bonds is 6. The Balaban J connectivity index is 1.97. The van der Waals surface area contributed by atoms with E-state index in [0.717, 1.165) is 11.3 Å². The van der Waals surface area contributed by atoms with Crippen LogP contribution in [0.15, 0.2) is 47.6 Å². The third-order valence-corrected chi connectivity index (χ3v) is 4.82. The Morgan fingerprint density at radius 2 is 1.95 bits per heavy atom. The SMILES string of the molecule is COc1ccc(CCNS(=O)(=O)c2cnccc2Cl)cc1. The van der Waals surface area contributed by atoms with E-state index in [1.54, 1.807) is 7.11 Å². The minimum absolute atomic E-state index is 0.0126. The molecule has 0 unspecified atom stereocenters.